The van der Waals surface area contributed by atoms with Crippen LogP contribution in [0.4, 0.5) is 0 Å². The van der Waals surface area contributed by atoms with Gasteiger partial charge in [0.15, 0.2) is 0 Å². The summed E-state index contributed by atoms with van der Waals surface area (Å²) < 4.78 is 5.45. The molecule has 1 heteroatoms. The molecule has 0 aromatic rings. The van der Waals surface area contributed by atoms with Gasteiger partial charge in [-0.05, 0) is 30.9 Å². The minimum atomic E-state index is 0.819. The number of rotatable bonds is 1. The molecule has 1 nitrogen and oxygen atoms in total. The van der Waals surface area contributed by atoms with Crippen LogP contribution in [-0.2, 0) is 4.74 Å². The van der Waals surface area contributed by atoms with E-state index in [-0.39, 0.29) is 0 Å². The topological polar surface area (TPSA) is 9.23 Å². The predicted molar refractivity (Wildman–Crippen MR) is 58.6 cm³/mol. The molecule has 0 bridgehead atoms. The lowest BCUT2D eigenvalue weighted by atomic mass is 10.0. The largest absolute Gasteiger partial charge is 0.493 e. The first-order valence-corrected chi connectivity index (χ1v) is 4.90. The summed E-state index contributed by atoms with van der Waals surface area (Å²) in [6, 6.07) is 0. The van der Waals surface area contributed by atoms with E-state index in [4.69, 9.17) is 4.74 Å². The predicted octanol–water partition coefficient (Wildman–Crippen LogP) is 3.84. The van der Waals surface area contributed by atoms with E-state index in [1.54, 1.807) is 0 Å². The summed E-state index contributed by atoms with van der Waals surface area (Å²) in [5.41, 5.74) is 2.20. The van der Waals surface area contributed by atoms with E-state index < -0.39 is 0 Å². The van der Waals surface area contributed by atoms with E-state index in [1.807, 2.05) is 26.8 Å². The Morgan fingerprint density at radius 2 is 2.08 bits per heavy atom. The fraction of sp³-hybridized carbons (Fsp3) is 0.500. The van der Waals surface area contributed by atoms with Gasteiger partial charge in [-0.1, -0.05) is 33.1 Å². The molecule has 0 radical (unpaired) electrons. The lowest BCUT2D eigenvalue weighted by Crippen LogP contribution is -2.06. The van der Waals surface area contributed by atoms with Crippen LogP contribution in [0.25, 0.3) is 0 Å². The highest BCUT2D eigenvalue weighted by molar-refractivity contribution is 5.33. The average Bonchev–Trinajstić information content (AvgIpc) is 2.20. The number of hydrogen-bond acceptors (Lipinski definition) is 1. The second-order valence-electron chi connectivity index (χ2n) is 2.77. The second-order valence-corrected chi connectivity index (χ2v) is 2.77. The first-order valence-electron chi connectivity index (χ1n) is 4.90. The normalized spacial score (nSPS) is 19.5. The fourth-order valence-corrected chi connectivity index (χ4v) is 1.16. The summed E-state index contributed by atoms with van der Waals surface area (Å²) in [6.07, 6.45) is 3.96. The van der Waals surface area contributed by atoms with Crippen LogP contribution in [0.1, 0.15) is 33.6 Å². The SMILES string of the molecule is C=C/C(C)=C1/OCCCC1=C.CC. The lowest BCUT2D eigenvalue weighted by Gasteiger charge is -2.19. The number of hydrogen-bond donors (Lipinski definition) is 0. The smallest absolute Gasteiger partial charge is 0.124 e. The van der Waals surface area contributed by atoms with Gasteiger partial charge in [-0.15, -0.1) is 0 Å². The quantitative estimate of drug-likeness (QED) is 0.595. The van der Waals surface area contributed by atoms with Crippen LogP contribution in [0.2, 0.25) is 0 Å². The Morgan fingerprint density at radius 1 is 1.46 bits per heavy atom. The highest BCUT2D eigenvalue weighted by atomic mass is 16.5. The molecule has 1 heterocycles. The second kappa shape index (κ2) is 6.53. The van der Waals surface area contributed by atoms with Crippen LogP contribution < -0.4 is 0 Å². The highest BCUT2D eigenvalue weighted by Gasteiger charge is 2.11. The van der Waals surface area contributed by atoms with E-state index in [9.17, 15) is 0 Å². The third kappa shape index (κ3) is 3.49. The van der Waals surface area contributed by atoms with Crippen LogP contribution >= 0.6 is 0 Å². The maximum atomic E-state index is 5.45. The molecule has 0 aliphatic carbocycles. The van der Waals surface area contributed by atoms with Gasteiger partial charge in [-0.2, -0.15) is 0 Å². The first kappa shape index (κ1) is 12.0. The molecule has 1 rings (SSSR count). The summed E-state index contributed by atoms with van der Waals surface area (Å²) in [4.78, 5) is 0. The van der Waals surface area contributed by atoms with Crippen molar-refractivity contribution in [3.8, 4) is 0 Å². The van der Waals surface area contributed by atoms with Crippen molar-refractivity contribution in [2.75, 3.05) is 6.61 Å². The van der Waals surface area contributed by atoms with Gasteiger partial charge in [0, 0.05) is 0 Å². The maximum absolute atomic E-state index is 5.45. The van der Waals surface area contributed by atoms with Gasteiger partial charge in [0.1, 0.15) is 5.76 Å². The Balaban J connectivity index is 0.000000671. The van der Waals surface area contributed by atoms with Gasteiger partial charge < -0.3 is 4.74 Å². The zero-order chi connectivity index (χ0) is 10.3. The molecule has 1 aliphatic rings. The molecular formula is C12H20O. The van der Waals surface area contributed by atoms with Crippen molar-refractivity contribution < 1.29 is 4.74 Å². The van der Waals surface area contributed by atoms with E-state index in [2.05, 4.69) is 13.2 Å². The van der Waals surface area contributed by atoms with Gasteiger partial charge in [-0.3, -0.25) is 0 Å². The molecule has 0 spiro atoms. The molecule has 74 valence electrons. The Labute approximate surface area is 81.8 Å². The minimum absolute atomic E-state index is 0.819. The van der Waals surface area contributed by atoms with E-state index in [1.165, 1.54) is 0 Å². The van der Waals surface area contributed by atoms with Crippen LogP contribution in [0.5, 0.6) is 0 Å². The number of allylic oxidation sites excluding steroid dienone is 3. The van der Waals surface area contributed by atoms with E-state index >= 15 is 0 Å². The zero-order valence-electron chi connectivity index (χ0n) is 9.02. The first-order chi connectivity index (χ1) is 6.25. The van der Waals surface area contributed by atoms with Gasteiger partial charge >= 0.3 is 0 Å². The van der Waals surface area contributed by atoms with Crippen molar-refractivity contribution in [2.24, 2.45) is 0 Å². The molecule has 13 heavy (non-hydrogen) atoms. The third-order valence-corrected chi connectivity index (χ3v) is 1.85. The summed E-state index contributed by atoms with van der Waals surface area (Å²) in [5, 5.41) is 0. The Morgan fingerprint density at radius 3 is 2.54 bits per heavy atom. The Kier molecular flexibility index (Phi) is 6.03. The van der Waals surface area contributed by atoms with Crippen molar-refractivity contribution in [1.82, 2.24) is 0 Å². The number of ether oxygens (including phenoxy) is 1. The molecule has 0 atom stereocenters. The molecule has 0 aromatic heterocycles. The van der Waals surface area contributed by atoms with Crippen molar-refractivity contribution in [3.05, 3.63) is 36.1 Å². The van der Waals surface area contributed by atoms with Crippen LogP contribution in [0.15, 0.2) is 36.1 Å². The van der Waals surface area contributed by atoms with Gasteiger partial charge in [-0.25, -0.2) is 0 Å². The lowest BCUT2D eigenvalue weighted by molar-refractivity contribution is 0.192. The van der Waals surface area contributed by atoms with Crippen LogP contribution in [0.3, 0.4) is 0 Å². The molecule has 0 N–H and O–H groups in total. The molecular weight excluding hydrogens is 160 g/mol. The molecule has 0 unspecified atom stereocenters. The molecule has 1 fully saturated rings. The van der Waals surface area contributed by atoms with Crippen molar-refractivity contribution >= 4 is 0 Å². The summed E-state index contributed by atoms with van der Waals surface area (Å²) >= 11 is 0. The standard InChI is InChI=1S/C10H14O.C2H6/c1-4-8(2)10-9(3)6-5-7-11-10;1-2/h4H,1,3,5-7H2,2H3;1-2H3/b10-8+;. The average molecular weight is 180 g/mol. The van der Waals surface area contributed by atoms with Gasteiger partial charge in [0.25, 0.3) is 0 Å². The molecule has 0 aromatic carbocycles. The van der Waals surface area contributed by atoms with Gasteiger partial charge in [0.2, 0.25) is 0 Å². The summed E-state index contributed by atoms with van der Waals surface area (Å²) in [6.45, 7) is 14.4. The molecule has 0 saturated carbocycles. The van der Waals surface area contributed by atoms with E-state index in [0.717, 1.165) is 36.4 Å². The fourth-order valence-electron chi connectivity index (χ4n) is 1.16. The van der Waals surface area contributed by atoms with Gasteiger partial charge in [0.05, 0.1) is 6.61 Å². The third-order valence-electron chi connectivity index (χ3n) is 1.85. The molecule has 0 amide bonds. The molecule has 1 aliphatic heterocycles. The van der Waals surface area contributed by atoms with E-state index in [0.29, 0.717) is 0 Å². The summed E-state index contributed by atoms with van der Waals surface area (Å²) in [7, 11) is 0. The monoisotopic (exact) mass is 180 g/mol. The van der Waals surface area contributed by atoms with Crippen molar-refractivity contribution in [1.29, 1.82) is 0 Å². The minimum Gasteiger partial charge on any atom is -0.493 e. The van der Waals surface area contributed by atoms with Crippen LogP contribution in [-0.4, -0.2) is 6.61 Å². The highest BCUT2D eigenvalue weighted by Crippen LogP contribution is 2.24. The van der Waals surface area contributed by atoms with Crippen LogP contribution in [0, 0.1) is 0 Å². The Hall–Kier alpha value is -0.980. The van der Waals surface area contributed by atoms with Crippen molar-refractivity contribution in [2.45, 2.75) is 33.6 Å². The van der Waals surface area contributed by atoms with Crippen molar-refractivity contribution in [3.63, 3.8) is 0 Å². The Bertz CT molecular complexity index is 211. The zero-order valence-corrected chi connectivity index (χ0v) is 9.02. The summed E-state index contributed by atoms with van der Waals surface area (Å²) in [5.74, 6) is 0.950. The maximum Gasteiger partial charge on any atom is 0.124 e. The molecule has 1 saturated heterocycles.